The number of hydrogen-bond acceptors (Lipinski definition) is 3. The molecule has 0 saturated carbocycles. The molecule has 0 spiro atoms. The third-order valence-electron chi connectivity index (χ3n) is 3.07. The van der Waals surface area contributed by atoms with Crippen LogP contribution in [0.3, 0.4) is 0 Å². The molecule has 0 unspecified atom stereocenters. The molecule has 2 rings (SSSR count). The van der Waals surface area contributed by atoms with Gasteiger partial charge in [0, 0.05) is 17.2 Å². The lowest BCUT2D eigenvalue weighted by atomic mass is 10.1. The lowest BCUT2D eigenvalue weighted by molar-refractivity contribution is -0.128. The zero-order valence-corrected chi connectivity index (χ0v) is 10.4. The molecule has 0 aliphatic carbocycles. The van der Waals surface area contributed by atoms with E-state index < -0.39 is 0 Å². The maximum atomic E-state index is 9.94. The average molecular weight is 246 g/mol. The van der Waals surface area contributed by atoms with Crippen molar-refractivity contribution in [3.63, 3.8) is 0 Å². The summed E-state index contributed by atoms with van der Waals surface area (Å²) in [4.78, 5) is 9.94. The summed E-state index contributed by atoms with van der Waals surface area (Å²) in [6.07, 6.45) is 7.07. The number of aryl methyl sites for hydroxylation is 1. The molecule has 1 heterocycles. The number of hydrogen-bond donors (Lipinski definition) is 0. The van der Waals surface area contributed by atoms with Crippen LogP contribution in [0.5, 0.6) is 0 Å². The predicted molar refractivity (Wildman–Crippen MR) is 70.4 cm³/mol. The molecule has 3 heteroatoms. The first-order valence-electron chi connectivity index (χ1n) is 6.42. The van der Waals surface area contributed by atoms with Crippen molar-refractivity contribution < 1.29 is 13.9 Å². The van der Waals surface area contributed by atoms with Crippen molar-refractivity contribution in [1.82, 2.24) is 0 Å². The summed E-state index contributed by atoms with van der Waals surface area (Å²) in [5.74, 6) is 1.08. The largest absolute Gasteiger partial charge is 0.468 e. The molecule has 18 heavy (non-hydrogen) atoms. The standard InChI is InChI=1S/C15H18O3/c16-12-17-10-6-2-1-3-9-15-14-8-5-4-7-13(14)11-18-15/h4-5,7-8,11-12H,1-3,6,9-10H2. The smallest absolute Gasteiger partial charge is 0.293 e. The van der Waals surface area contributed by atoms with E-state index in [9.17, 15) is 4.79 Å². The van der Waals surface area contributed by atoms with Crippen LogP contribution in [0.25, 0.3) is 10.8 Å². The zero-order chi connectivity index (χ0) is 12.6. The van der Waals surface area contributed by atoms with Crippen molar-refractivity contribution in [2.75, 3.05) is 6.61 Å². The highest BCUT2D eigenvalue weighted by Gasteiger charge is 2.04. The fraction of sp³-hybridized carbons (Fsp3) is 0.400. The number of ether oxygens (including phenoxy) is 1. The lowest BCUT2D eigenvalue weighted by Gasteiger charge is -2.00. The van der Waals surface area contributed by atoms with Crippen LogP contribution in [0.15, 0.2) is 34.9 Å². The molecule has 0 amide bonds. The van der Waals surface area contributed by atoms with Gasteiger partial charge in [0.05, 0.1) is 12.9 Å². The van der Waals surface area contributed by atoms with Gasteiger partial charge in [0.25, 0.3) is 6.47 Å². The Balaban J connectivity index is 1.72. The molecule has 0 bridgehead atoms. The average Bonchev–Trinajstić information content (AvgIpc) is 2.81. The van der Waals surface area contributed by atoms with Crippen LogP contribution in [0, 0.1) is 0 Å². The highest BCUT2D eigenvalue weighted by atomic mass is 16.5. The van der Waals surface area contributed by atoms with Crippen LogP contribution in [-0.4, -0.2) is 13.1 Å². The molecule has 0 N–H and O–H groups in total. The SMILES string of the molecule is O=COCCCCCCc1occ2ccccc12. The highest BCUT2D eigenvalue weighted by molar-refractivity contribution is 5.83. The van der Waals surface area contributed by atoms with Gasteiger partial charge in [-0.15, -0.1) is 0 Å². The molecular weight excluding hydrogens is 228 g/mol. The minimum Gasteiger partial charge on any atom is -0.468 e. The van der Waals surface area contributed by atoms with Gasteiger partial charge in [0.2, 0.25) is 0 Å². The zero-order valence-electron chi connectivity index (χ0n) is 10.4. The van der Waals surface area contributed by atoms with Gasteiger partial charge < -0.3 is 9.15 Å². The van der Waals surface area contributed by atoms with Gasteiger partial charge in [-0.2, -0.15) is 0 Å². The number of furan rings is 1. The van der Waals surface area contributed by atoms with Crippen molar-refractivity contribution >= 4 is 17.2 Å². The van der Waals surface area contributed by atoms with E-state index in [0.717, 1.165) is 37.9 Å². The second-order valence-corrected chi connectivity index (χ2v) is 4.38. The Kier molecular flexibility index (Phi) is 4.82. The van der Waals surface area contributed by atoms with Crippen LogP contribution < -0.4 is 0 Å². The van der Waals surface area contributed by atoms with Gasteiger partial charge >= 0.3 is 0 Å². The molecule has 0 atom stereocenters. The second-order valence-electron chi connectivity index (χ2n) is 4.38. The molecule has 96 valence electrons. The Morgan fingerprint density at radius 1 is 1.11 bits per heavy atom. The minimum absolute atomic E-state index is 0.509. The third kappa shape index (κ3) is 3.36. The van der Waals surface area contributed by atoms with E-state index in [-0.39, 0.29) is 0 Å². The quantitative estimate of drug-likeness (QED) is 0.526. The normalized spacial score (nSPS) is 10.7. The van der Waals surface area contributed by atoms with Gasteiger partial charge in [-0.3, -0.25) is 4.79 Å². The van der Waals surface area contributed by atoms with E-state index in [4.69, 9.17) is 4.42 Å². The Morgan fingerprint density at radius 3 is 2.83 bits per heavy atom. The van der Waals surface area contributed by atoms with E-state index in [1.54, 1.807) is 0 Å². The Bertz CT molecular complexity index is 487. The van der Waals surface area contributed by atoms with Crippen molar-refractivity contribution in [3.05, 3.63) is 36.3 Å². The summed E-state index contributed by atoms with van der Waals surface area (Å²) in [6.45, 7) is 1.04. The Morgan fingerprint density at radius 2 is 1.94 bits per heavy atom. The van der Waals surface area contributed by atoms with E-state index in [0.29, 0.717) is 13.1 Å². The molecule has 2 aromatic rings. The highest BCUT2D eigenvalue weighted by Crippen LogP contribution is 2.22. The Hall–Kier alpha value is -1.77. The molecule has 0 radical (unpaired) electrons. The van der Waals surface area contributed by atoms with Crippen LogP contribution in [0.1, 0.15) is 31.4 Å². The molecule has 0 aliphatic rings. The van der Waals surface area contributed by atoms with E-state index in [1.807, 2.05) is 18.4 Å². The van der Waals surface area contributed by atoms with Gasteiger partial charge in [0.1, 0.15) is 5.76 Å². The van der Waals surface area contributed by atoms with Crippen LogP contribution in [0.4, 0.5) is 0 Å². The first-order chi connectivity index (χ1) is 8.92. The summed E-state index contributed by atoms with van der Waals surface area (Å²) in [5, 5.41) is 2.40. The first-order valence-corrected chi connectivity index (χ1v) is 6.42. The molecule has 0 saturated heterocycles. The summed E-state index contributed by atoms with van der Waals surface area (Å²) >= 11 is 0. The molecular formula is C15H18O3. The lowest BCUT2D eigenvalue weighted by Crippen LogP contribution is -1.92. The number of rotatable bonds is 8. The number of benzene rings is 1. The maximum absolute atomic E-state index is 9.94. The van der Waals surface area contributed by atoms with E-state index in [2.05, 4.69) is 16.9 Å². The molecule has 1 aromatic carbocycles. The van der Waals surface area contributed by atoms with Crippen molar-refractivity contribution in [2.45, 2.75) is 32.1 Å². The maximum Gasteiger partial charge on any atom is 0.293 e. The monoisotopic (exact) mass is 246 g/mol. The van der Waals surface area contributed by atoms with Crippen LogP contribution in [0.2, 0.25) is 0 Å². The molecule has 0 fully saturated rings. The van der Waals surface area contributed by atoms with E-state index in [1.165, 1.54) is 10.8 Å². The number of carbonyl (C=O) groups is 1. The van der Waals surface area contributed by atoms with Crippen LogP contribution >= 0.6 is 0 Å². The predicted octanol–water partition coefficient (Wildman–Crippen LogP) is 3.71. The van der Waals surface area contributed by atoms with E-state index >= 15 is 0 Å². The van der Waals surface area contributed by atoms with Crippen molar-refractivity contribution in [3.8, 4) is 0 Å². The fourth-order valence-corrected chi connectivity index (χ4v) is 2.12. The topological polar surface area (TPSA) is 39.4 Å². The summed E-state index contributed by atoms with van der Waals surface area (Å²) in [6, 6.07) is 8.23. The number of unbranched alkanes of at least 4 members (excludes halogenated alkanes) is 3. The van der Waals surface area contributed by atoms with Crippen molar-refractivity contribution in [2.24, 2.45) is 0 Å². The molecule has 0 aliphatic heterocycles. The Labute approximate surface area is 107 Å². The molecule has 1 aromatic heterocycles. The number of fused-ring (bicyclic) bond motifs is 1. The van der Waals surface area contributed by atoms with Gasteiger partial charge in [-0.25, -0.2) is 0 Å². The van der Waals surface area contributed by atoms with Crippen LogP contribution in [-0.2, 0) is 16.0 Å². The summed E-state index contributed by atoms with van der Waals surface area (Å²) in [5.41, 5.74) is 0. The fourth-order valence-electron chi connectivity index (χ4n) is 2.12. The van der Waals surface area contributed by atoms with Crippen molar-refractivity contribution in [1.29, 1.82) is 0 Å². The third-order valence-corrected chi connectivity index (χ3v) is 3.07. The first kappa shape index (κ1) is 12.7. The number of carbonyl (C=O) groups excluding carboxylic acids is 1. The van der Waals surface area contributed by atoms with Gasteiger partial charge in [0.15, 0.2) is 0 Å². The van der Waals surface area contributed by atoms with Gasteiger partial charge in [-0.05, 0) is 12.8 Å². The molecule has 3 nitrogen and oxygen atoms in total. The summed E-state index contributed by atoms with van der Waals surface area (Å²) in [7, 11) is 0. The minimum atomic E-state index is 0.509. The van der Waals surface area contributed by atoms with Gasteiger partial charge in [-0.1, -0.05) is 37.1 Å². The second kappa shape index (κ2) is 6.84. The summed E-state index contributed by atoms with van der Waals surface area (Å²) < 4.78 is 10.2.